The minimum absolute atomic E-state index is 0.0311. The maximum absolute atomic E-state index is 9.48. The molecule has 14 heavy (non-hydrogen) atoms. The molecule has 0 aromatic heterocycles. The summed E-state index contributed by atoms with van der Waals surface area (Å²) in [6.07, 6.45) is 4.72. The van der Waals surface area contributed by atoms with Crippen LogP contribution in [0.4, 0.5) is 0 Å². The molecule has 0 heterocycles. The lowest BCUT2D eigenvalue weighted by Gasteiger charge is -2.39. The molecule has 2 atom stereocenters. The number of hydrogen-bond donors (Lipinski definition) is 2. The molecule has 0 radical (unpaired) electrons. The molecule has 0 spiro atoms. The molecule has 2 nitrogen and oxygen atoms in total. The van der Waals surface area contributed by atoms with Crippen LogP contribution in [-0.2, 0) is 0 Å². The molecule has 82 valence electrons. The Morgan fingerprint density at radius 1 is 1.64 bits per heavy atom. The summed E-state index contributed by atoms with van der Waals surface area (Å²) < 4.78 is 0. The van der Waals surface area contributed by atoms with Gasteiger partial charge < -0.3 is 10.4 Å². The van der Waals surface area contributed by atoms with E-state index in [9.17, 15) is 5.11 Å². The lowest BCUT2D eigenvalue weighted by atomic mass is 9.77. The summed E-state index contributed by atoms with van der Waals surface area (Å²) in [5.74, 6) is 0.730. The van der Waals surface area contributed by atoms with Crippen molar-refractivity contribution in [1.82, 2.24) is 5.32 Å². The van der Waals surface area contributed by atoms with Crippen molar-refractivity contribution >= 4 is 0 Å². The monoisotopic (exact) mass is 197 g/mol. The van der Waals surface area contributed by atoms with Crippen LogP contribution in [-0.4, -0.2) is 23.8 Å². The van der Waals surface area contributed by atoms with Gasteiger partial charge >= 0.3 is 0 Å². The molecular formula is C12H23NO. The Hall–Kier alpha value is -0.340. The summed E-state index contributed by atoms with van der Waals surface area (Å²) in [6.45, 7) is 9.25. The highest BCUT2D eigenvalue weighted by atomic mass is 16.3. The Morgan fingerprint density at radius 3 is 2.86 bits per heavy atom. The average Bonchev–Trinajstić information content (AvgIpc) is 2.15. The first kappa shape index (κ1) is 11.7. The SMILES string of the molecule is C=C(C)CNC1(CO)CCCC(C)C1. The Balaban J connectivity index is 2.51. The van der Waals surface area contributed by atoms with E-state index in [2.05, 4.69) is 18.8 Å². The van der Waals surface area contributed by atoms with Crippen LogP contribution in [0.3, 0.4) is 0 Å². The van der Waals surface area contributed by atoms with E-state index in [1.807, 2.05) is 6.92 Å². The largest absolute Gasteiger partial charge is 0.394 e. The van der Waals surface area contributed by atoms with Crippen LogP contribution in [0, 0.1) is 5.92 Å². The zero-order chi connectivity index (χ0) is 10.6. The van der Waals surface area contributed by atoms with Crippen molar-refractivity contribution in [2.75, 3.05) is 13.2 Å². The molecule has 1 aliphatic carbocycles. The first-order chi connectivity index (χ1) is 6.58. The van der Waals surface area contributed by atoms with Crippen LogP contribution in [0.5, 0.6) is 0 Å². The normalized spacial score (nSPS) is 32.9. The molecular weight excluding hydrogens is 174 g/mol. The maximum Gasteiger partial charge on any atom is 0.0613 e. The van der Waals surface area contributed by atoms with E-state index >= 15 is 0 Å². The smallest absolute Gasteiger partial charge is 0.0613 e. The van der Waals surface area contributed by atoms with Gasteiger partial charge in [0.05, 0.1) is 6.61 Å². The Morgan fingerprint density at radius 2 is 2.36 bits per heavy atom. The standard InChI is InChI=1S/C12H23NO/c1-10(2)8-13-12(9-14)6-4-5-11(3)7-12/h11,13-14H,1,4-9H2,2-3H3. The van der Waals surface area contributed by atoms with Crippen molar-refractivity contribution < 1.29 is 5.11 Å². The van der Waals surface area contributed by atoms with Crippen LogP contribution < -0.4 is 5.32 Å². The summed E-state index contributed by atoms with van der Waals surface area (Å²) in [5.41, 5.74) is 1.10. The van der Waals surface area contributed by atoms with Crippen LogP contribution >= 0.6 is 0 Å². The van der Waals surface area contributed by atoms with E-state index in [-0.39, 0.29) is 12.1 Å². The van der Waals surface area contributed by atoms with Crippen molar-refractivity contribution in [3.05, 3.63) is 12.2 Å². The molecule has 0 bridgehead atoms. The maximum atomic E-state index is 9.48. The number of nitrogens with one attached hydrogen (secondary N) is 1. The quantitative estimate of drug-likeness (QED) is 0.676. The van der Waals surface area contributed by atoms with E-state index < -0.39 is 0 Å². The highest BCUT2D eigenvalue weighted by molar-refractivity contribution is 4.98. The Labute approximate surface area is 87.4 Å². The third kappa shape index (κ3) is 3.10. The average molecular weight is 197 g/mol. The number of aliphatic hydroxyl groups is 1. The Bertz CT molecular complexity index is 202. The van der Waals surface area contributed by atoms with Gasteiger partial charge in [0.15, 0.2) is 0 Å². The first-order valence-electron chi connectivity index (χ1n) is 5.58. The lowest BCUT2D eigenvalue weighted by molar-refractivity contribution is 0.103. The van der Waals surface area contributed by atoms with Crippen molar-refractivity contribution in [2.24, 2.45) is 5.92 Å². The van der Waals surface area contributed by atoms with Gasteiger partial charge in [0.25, 0.3) is 0 Å². The molecule has 0 aliphatic heterocycles. The molecule has 2 heteroatoms. The fourth-order valence-electron chi connectivity index (χ4n) is 2.36. The van der Waals surface area contributed by atoms with Crippen LogP contribution in [0.1, 0.15) is 39.5 Å². The third-order valence-electron chi connectivity index (χ3n) is 3.16. The zero-order valence-electron chi connectivity index (χ0n) is 9.47. The van der Waals surface area contributed by atoms with Crippen LogP contribution in [0.2, 0.25) is 0 Å². The molecule has 2 N–H and O–H groups in total. The van der Waals surface area contributed by atoms with Crippen molar-refractivity contribution in [1.29, 1.82) is 0 Å². The molecule has 2 unspecified atom stereocenters. The fourth-order valence-corrected chi connectivity index (χ4v) is 2.36. The lowest BCUT2D eigenvalue weighted by Crippen LogP contribution is -2.51. The number of aliphatic hydroxyl groups excluding tert-OH is 1. The van der Waals surface area contributed by atoms with Crippen molar-refractivity contribution in [2.45, 2.75) is 45.1 Å². The second-order valence-corrected chi connectivity index (χ2v) is 4.95. The Kier molecular flexibility index (Phi) is 4.14. The van der Waals surface area contributed by atoms with Gasteiger partial charge in [-0.25, -0.2) is 0 Å². The summed E-state index contributed by atoms with van der Waals surface area (Å²) >= 11 is 0. The molecule has 0 saturated heterocycles. The number of hydrogen-bond acceptors (Lipinski definition) is 2. The van der Waals surface area contributed by atoms with E-state index in [0.29, 0.717) is 0 Å². The van der Waals surface area contributed by atoms with Crippen LogP contribution in [0.25, 0.3) is 0 Å². The minimum Gasteiger partial charge on any atom is -0.394 e. The molecule has 0 aromatic rings. The molecule has 0 aromatic carbocycles. The van der Waals surface area contributed by atoms with Gasteiger partial charge in [0.1, 0.15) is 0 Å². The summed E-state index contributed by atoms with van der Waals surface area (Å²) in [7, 11) is 0. The third-order valence-corrected chi connectivity index (χ3v) is 3.16. The van der Waals surface area contributed by atoms with Gasteiger partial charge in [-0.2, -0.15) is 0 Å². The zero-order valence-corrected chi connectivity index (χ0v) is 9.47. The highest BCUT2D eigenvalue weighted by Crippen LogP contribution is 2.31. The number of rotatable bonds is 4. The van der Waals surface area contributed by atoms with E-state index in [4.69, 9.17) is 0 Å². The van der Waals surface area contributed by atoms with Crippen molar-refractivity contribution in [3.63, 3.8) is 0 Å². The molecule has 1 aliphatic rings. The molecule has 1 saturated carbocycles. The second-order valence-electron chi connectivity index (χ2n) is 4.95. The predicted molar refractivity (Wildman–Crippen MR) is 60.3 cm³/mol. The van der Waals surface area contributed by atoms with Gasteiger partial charge in [0, 0.05) is 12.1 Å². The van der Waals surface area contributed by atoms with Gasteiger partial charge in [-0.3, -0.25) is 0 Å². The van der Waals surface area contributed by atoms with Gasteiger partial charge in [-0.15, -0.1) is 0 Å². The van der Waals surface area contributed by atoms with Gasteiger partial charge in [-0.1, -0.05) is 31.9 Å². The summed E-state index contributed by atoms with van der Waals surface area (Å²) in [6, 6.07) is 0. The highest BCUT2D eigenvalue weighted by Gasteiger charge is 2.33. The van der Waals surface area contributed by atoms with Gasteiger partial charge in [-0.05, 0) is 25.7 Å². The van der Waals surface area contributed by atoms with Gasteiger partial charge in [0.2, 0.25) is 0 Å². The van der Waals surface area contributed by atoms with E-state index in [1.54, 1.807) is 0 Å². The molecule has 1 rings (SSSR count). The van der Waals surface area contributed by atoms with E-state index in [1.165, 1.54) is 12.8 Å². The van der Waals surface area contributed by atoms with E-state index in [0.717, 1.165) is 30.9 Å². The van der Waals surface area contributed by atoms with Crippen LogP contribution in [0.15, 0.2) is 12.2 Å². The fraction of sp³-hybridized carbons (Fsp3) is 0.833. The van der Waals surface area contributed by atoms with Crippen molar-refractivity contribution in [3.8, 4) is 0 Å². The predicted octanol–water partition coefficient (Wildman–Crippen LogP) is 2.09. The second kappa shape index (κ2) is 4.94. The first-order valence-corrected chi connectivity index (χ1v) is 5.58. The topological polar surface area (TPSA) is 32.3 Å². The summed E-state index contributed by atoms with van der Waals surface area (Å²) in [4.78, 5) is 0. The molecule has 0 amide bonds. The minimum atomic E-state index is -0.0311. The molecule has 1 fully saturated rings. The summed E-state index contributed by atoms with van der Waals surface area (Å²) in [5, 5.41) is 12.9.